The second kappa shape index (κ2) is 5.98. The van der Waals surface area contributed by atoms with Gasteiger partial charge < -0.3 is 4.18 Å². The van der Waals surface area contributed by atoms with Gasteiger partial charge in [-0.1, -0.05) is 36.9 Å². The van der Waals surface area contributed by atoms with Crippen LogP contribution in [0.15, 0.2) is 39.0 Å². The molecular weight excluding hydrogens is 332 g/mol. The zero-order valence-electron chi connectivity index (χ0n) is 13.0. The van der Waals surface area contributed by atoms with Crippen molar-refractivity contribution in [2.45, 2.75) is 30.1 Å². The number of hydrogen-bond acceptors (Lipinski definition) is 6. The minimum absolute atomic E-state index is 0.0359. The summed E-state index contributed by atoms with van der Waals surface area (Å²) in [4.78, 5) is 10.8. The van der Waals surface area contributed by atoms with Gasteiger partial charge in [0.25, 0.3) is 5.88 Å². The first-order chi connectivity index (χ1) is 10.9. The van der Waals surface area contributed by atoms with Gasteiger partial charge in [-0.3, -0.25) is 0 Å². The third-order valence-electron chi connectivity index (χ3n) is 3.45. The van der Waals surface area contributed by atoms with E-state index in [9.17, 15) is 8.42 Å². The van der Waals surface area contributed by atoms with Gasteiger partial charge in [-0.2, -0.15) is 8.42 Å². The lowest BCUT2D eigenvalue weighted by atomic mass is 10.1. The highest BCUT2D eigenvalue weighted by Crippen LogP contribution is 2.46. The molecule has 3 rings (SSSR count). The van der Waals surface area contributed by atoms with Crippen LogP contribution in [-0.4, -0.2) is 25.9 Å². The maximum Gasteiger partial charge on any atom is 0.307 e. The van der Waals surface area contributed by atoms with Gasteiger partial charge in [0.1, 0.15) is 5.69 Å². The Morgan fingerprint density at radius 2 is 2.00 bits per heavy atom. The quantitative estimate of drug-likeness (QED) is 0.678. The molecular formula is C16H16N2O3S2. The molecule has 0 atom stereocenters. The first-order valence-corrected chi connectivity index (χ1v) is 9.76. The Balaban J connectivity index is 2.25. The molecule has 0 unspecified atom stereocenters. The molecule has 0 fully saturated rings. The minimum atomic E-state index is -3.67. The SMILES string of the molecule is CCc1c(C)nc(OS(C)(=O)=O)c2c1Sc1ccccc1C=N2. The van der Waals surface area contributed by atoms with Gasteiger partial charge >= 0.3 is 10.1 Å². The molecule has 5 nitrogen and oxygen atoms in total. The van der Waals surface area contributed by atoms with Crippen LogP contribution >= 0.6 is 11.8 Å². The Morgan fingerprint density at radius 3 is 2.70 bits per heavy atom. The van der Waals surface area contributed by atoms with Crippen LogP contribution in [0.4, 0.5) is 5.69 Å². The van der Waals surface area contributed by atoms with Gasteiger partial charge in [-0.25, -0.2) is 9.98 Å². The third kappa shape index (κ3) is 3.25. The zero-order chi connectivity index (χ0) is 16.6. The maximum absolute atomic E-state index is 11.5. The van der Waals surface area contributed by atoms with Gasteiger partial charge in [0.2, 0.25) is 0 Å². The molecule has 0 bridgehead atoms. The molecule has 0 N–H and O–H groups in total. The van der Waals surface area contributed by atoms with Gasteiger partial charge in [0.05, 0.1) is 6.26 Å². The molecule has 1 aliphatic rings. The summed E-state index contributed by atoms with van der Waals surface area (Å²) in [7, 11) is -3.67. The van der Waals surface area contributed by atoms with E-state index in [0.29, 0.717) is 5.69 Å². The summed E-state index contributed by atoms with van der Waals surface area (Å²) in [6, 6.07) is 7.91. The smallest absolute Gasteiger partial charge is 0.307 e. The van der Waals surface area contributed by atoms with Crippen LogP contribution in [0.2, 0.25) is 0 Å². The standard InChI is InChI=1S/C16H16N2O3S2/c1-4-12-10(2)18-16(21-23(3,19)20)14-15(12)22-13-8-6-5-7-11(13)9-17-14/h5-9H,4H2,1-3H3. The van der Waals surface area contributed by atoms with E-state index in [0.717, 1.165) is 39.3 Å². The average molecular weight is 348 g/mol. The number of nitrogens with zero attached hydrogens (tertiary/aromatic N) is 2. The van der Waals surface area contributed by atoms with Crippen LogP contribution in [-0.2, 0) is 16.5 Å². The lowest BCUT2D eigenvalue weighted by Crippen LogP contribution is -2.09. The highest BCUT2D eigenvalue weighted by atomic mass is 32.2. The zero-order valence-corrected chi connectivity index (χ0v) is 14.7. The van der Waals surface area contributed by atoms with Crippen molar-refractivity contribution in [3.05, 3.63) is 41.1 Å². The molecule has 23 heavy (non-hydrogen) atoms. The van der Waals surface area contributed by atoms with E-state index in [1.807, 2.05) is 38.1 Å². The van der Waals surface area contributed by atoms with Gasteiger partial charge in [0, 0.05) is 27.3 Å². The van der Waals surface area contributed by atoms with E-state index in [1.54, 1.807) is 18.0 Å². The number of aromatic nitrogens is 1. The van der Waals surface area contributed by atoms with E-state index in [-0.39, 0.29) is 5.88 Å². The van der Waals surface area contributed by atoms with E-state index >= 15 is 0 Å². The van der Waals surface area contributed by atoms with Gasteiger partial charge in [0.15, 0.2) is 0 Å². The Morgan fingerprint density at radius 1 is 1.26 bits per heavy atom. The van der Waals surface area contributed by atoms with Crippen LogP contribution in [0, 0.1) is 6.92 Å². The predicted octanol–water partition coefficient (Wildman–Crippen LogP) is 3.51. The highest BCUT2D eigenvalue weighted by molar-refractivity contribution is 7.99. The Hall–Kier alpha value is -1.86. The molecule has 2 heterocycles. The van der Waals surface area contributed by atoms with E-state index in [2.05, 4.69) is 9.98 Å². The summed E-state index contributed by atoms with van der Waals surface area (Å²) in [6.45, 7) is 3.90. The minimum Gasteiger partial charge on any atom is -0.359 e. The number of pyridine rings is 1. The Labute approximate surface area is 139 Å². The van der Waals surface area contributed by atoms with Gasteiger partial charge in [-0.15, -0.1) is 0 Å². The van der Waals surface area contributed by atoms with Crippen LogP contribution in [0.3, 0.4) is 0 Å². The fraction of sp³-hybridized carbons (Fsp3) is 0.250. The molecule has 0 amide bonds. The summed E-state index contributed by atoms with van der Waals surface area (Å²) in [5.74, 6) is 0.0359. The van der Waals surface area contributed by atoms with E-state index in [1.165, 1.54) is 0 Å². The van der Waals surface area contributed by atoms with Crippen molar-refractivity contribution in [2.24, 2.45) is 4.99 Å². The molecule has 0 radical (unpaired) electrons. The Bertz CT molecular complexity index is 906. The first-order valence-electron chi connectivity index (χ1n) is 7.13. The highest BCUT2D eigenvalue weighted by Gasteiger charge is 2.23. The molecule has 0 aliphatic carbocycles. The van der Waals surface area contributed by atoms with Crippen molar-refractivity contribution < 1.29 is 12.6 Å². The number of rotatable bonds is 3. The summed E-state index contributed by atoms with van der Waals surface area (Å²) in [6.07, 6.45) is 3.51. The predicted molar refractivity (Wildman–Crippen MR) is 91.6 cm³/mol. The third-order valence-corrected chi connectivity index (χ3v) is 5.14. The number of hydrogen-bond donors (Lipinski definition) is 0. The van der Waals surface area contributed by atoms with Crippen molar-refractivity contribution >= 4 is 33.8 Å². The normalized spacial score (nSPS) is 13.2. The number of benzene rings is 1. The molecule has 7 heteroatoms. The molecule has 1 aromatic carbocycles. The Kier molecular flexibility index (Phi) is 4.16. The van der Waals surface area contributed by atoms with Crippen molar-refractivity contribution in [3.8, 4) is 5.88 Å². The largest absolute Gasteiger partial charge is 0.359 e. The molecule has 0 saturated heterocycles. The monoisotopic (exact) mass is 348 g/mol. The van der Waals surface area contributed by atoms with Crippen LogP contribution < -0.4 is 4.18 Å². The molecule has 1 aromatic heterocycles. The number of aliphatic imine (C=N–C) groups is 1. The topological polar surface area (TPSA) is 68.6 Å². The van der Waals surface area contributed by atoms with Crippen LogP contribution in [0.5, 0.6) is 5.88 Å². The molecule has 0 saturated carbocycles. The first kappa shape index (κ1) is 16.0. The second-order valence-electron chi connectivity index (χ2n) is 5.20. The van der Waals surface area contributed by atoms with Crippen LogP contribution in [0.25, 0.3) is 0 Å². The van der Waals surface area contributed by atoms with Crippen molar-refractivity contribution in [1.29, 1.82) is 0 Å². The van der Waals surface area contributed by atoms with Crippen molar-refractivity contribution in [2.75, 3.05) is 6.26 Å². The fourth-order valence-corrected chi connectivity index (χ4v) is 4.10. The average Bonchev–Trinajstić information content (AvgIpc) is 2.65. The van der Waals surface area contributed by atoms with Crippen molar-refractivity contribution in [1.82, 2.24) is 4.98 Å². The molecule has 0 spiro atoms. The number of fused-ring (bicyclic) bond motifs is 2. The molecule has 2 aromatic rings. The fourth-order valence-electron chi connectivity index (χ4n) is 2.44. The maximum atomic E-state index is 11.5. The van der Waals surface area contributed by atoms with E-state index < -0.39 is 10.1 Å². The van der Waals surface area contributed by atoms with E-state index in [4.69, 9.17) is 4.18 Å². The lowest BCUT2D eigenvalue weighted by molar-refractivity contribution is 0.481. The molecule has 120 valence electrons. The lowest BCUT2D eigenvalue weighted by Gasteiger charge is -2.15. The summed E-state index contributed by atoms with van der Waals surface area (Å²) in [5, 5.41) is 0. The van der Waals surface area contributed by atoms with Crippen LogP contribution in [0.1, 0.15) is 23.7 Å². The second-order valence-corrected chi connectivity index (χ2v) is 7.82. The summed E-state index contributed by atoms with van der Waals surface area (Å²) < 4.78 is 28.1. The summed E-state index contributed by atoms with van der Waals surface area (Å²) in [5.41, 5.74) is 3.27. The summed E-state index contributed by atoms with van der Waals surface area (Å²) >= 11 is 1.57. The molecule has 1 aliphatic heterocycles. The van der Waals surface area contributed by atoms with Crippen molar-refractivity contribution in [3.63, 3.8) is 0 Å². The van der Waals surface area contributed by atoms with Gasteiger partial charge in [-0.05, 0) is 25.0 Å². The number of aryl methyl sites for hydroxylation is 1.